The third-order valence-electron chi connectivity index (χ3n) is 5.66. The zero-order valence-electron chi connectivity index (χ0n) is 17.5. The lowest BCUT2D eigenvalue weighted by molar-refractivity contribution is -0.274. The summed E-state index contributed by atoms with van der Waals surface area (Å²) in [7, 11) is 0. The zero-order chi connectivity index (χ0) is 22.7. The number of halogens is 3. The number of alkyl halides is 3. The van der Waals surface area contributed by atoms with Crippen LogP contribution in [-0.4, -0.2) is 52.0 Å². The molecule has 170 valence electrons. The lowest BCUT2D eigenvalue weighted by Gasteiger charge is -2.31. The van der Waals surface area contributed by atoms with Gasteiger partial charge in [0.05, 0.1) is 11.9 Å². The molecule has 0 unspecified atom stereocenters. The molecule has 1 aliphatic rings. The summed E-state index contributed by atoms with van der Waals surface area (Å²) in [6, 6.07) is 6.88. The van der Waals surface area contributed by atoms with E-state index in [1.807, 2.05) is 0 Å². The van der Waals surface area contributed by atoms with Gasteiger partial charge in [-0.2, -0.15) is 0 Å². The number of piperidine rings is 1. The number of nitroso groups, excluding NO2 is 1. The van der Waals surface area contributed by atoms with Crippen molar-refractivity contribution < 1.29 is 17.9 Å². The molecule has 0 spiro atoms. The van der Waals surface area contributed by atoms with Gasteiger partial charge in [0.1, 0.15) is 17.3 Å². The molecule has 0 aliphatic carbocycles. The first-order chi connectivity index (χ1) is 15.4. The fraction of sp³-hybridized carbons (Fsp3) is 0.429. The Morgan fingerprint density at radius 3 is 2.69 bits per heavy atom. The first kappa shape index (κ1) is 22.0. The fourth-order valence-corrected chi connectivity index (χ4v) is 3.90. The van der Waals surface area contributed by atoms with Crippen LogP contribution < -0.4 is 10.1 Å². The Morgan fingerprint density at radius 1 is 1.22 bits per heavy atom. The van der Waals surface area contributed by atoms with Gasteiger partial charge < -0.3 is 15.0 Å². The van der Waals surface area contributed by atoms with Gasteiger partial charge in [0, 0.05) is 12.1 Å². The highest BCUT2D eigenvalue weighted by atomic mass is 19.4. The van der Waals surface area contributed by atoms with Crippen LogP contribution in [0.2, 0.25) is 0 Å². The van der Waals surface area contributed by atoms with Crippen molar-refractivity contribution in [2.24, 2.45) is 11.1 Å². The molecule has 1 aromatic carbocycles. The van der Waals surface area contributed by atoms with Crippen molar-refractivity contribution in [3.8, 4) is 17.0 Å². The van der Waals surface area contributed by atoms with Crippen molar-refractivity contribution in [3.05, 3.63) is 41.4 Å². The van der Waals surface area contributed by atoms with E-state index in [2.05, 4.69) is 37.1 Å². The minimum Gasteiger partial charge on any atom is -0.406 e. The van der Waals surface area contributed by atoms with Gasteiger partial charge in [-0.1, -0.05) is 6.92 Å². The summed E-state index contributed by atoms with van der Waals surface area (Å²) in [6.45, 7) is 6.17. The molecule has 0 bridgehead atoms. The number of nitrogens with zero attached hydrogens (tertiary/aromatic N) is 5. The van der Waals surface area contributed by atoms with Crippen LogP contribution in [0.15, 0.2) is 41.7 Å². The van der Waals surface area contributed by atoms with Crippen molar-refractivity contribution in [2.45, 2.75) is 26.1 Å². The Kier molecular flexibility index (Phi) is 6.26. The Labute approximate surface area is 182 Å². The van der Waals surface area contributed by atoms with E-state index in [9.17, 15) is 18.1 Å². The summed E-state index contributed by atoms with van der Waals surface area (Å²) < 4.78 is 43.4. The summed E-state index contributed by atoms with van der Waals surface area (Å²) in [5, 5.41) is 10.8. The molecule has 8 nitrogen and oxygen atoms in total. The highest BCUT2D eigenvalue weighted by Crippen LogP contribution is 2.35. The Balaban J connectivity index is 1.58. The van der Waals surface area contributed by atoms with Crippen LogP contribution in [0.5, 0.6) is 5.75 Å². The number of nitrogens with one attached hydrogen (secondary N) is 1. The SMILES string of the molecule is CCN1CCC(CNc2ccc3ncc(-c4cc(OC(F)(F)F)ccc4N=O)n3n2)CC1. The number of imidazole rings is 1. The topological polar surface area (TPSA) is 84.1 Å². The first-order valence-electron chi connectivity index (χ1n) is 10.4. The maximum Gasteiger partial charge on any atom is 0.573 e. The third-order valence-corrected chi connectivity index (χ3v) is 5.66. The van der Waals surface area contributed by atoms with Crippen molar-refractivity contribution in [1.29, 1.82) is 0 Å². The van der Waals surface area contributed by atoms with Gasteiger partial charge in [-0.3, -0.25) is 0 Å². The van der Waals surface area contributed by atoms with Crippen LogP contribution in [0.4, 0.5) is 24.7 Å². The lowest BCUT2D eigenvalue weighted by atomic mass is 9.97. The van der Waals surface area contributed by atoms with E-state index >= 15 is 0 Å². The Bertz CT molecular complexity index is 1090. The summed E-state index contributed by atoms with van der Waals surface area (Å²) in [4.78, 5) is 17.9. The molecule has 0 saturated carbocycles. The molecule has 1 saturated heterocycles. The molecular weight excluding hydrogens is 425 g/mol. The standard InChI is InChI=1S/C21H23F3N6O2/c1-2-29-9-7-14(8-10-29)12-25-19-5-6-20-26-13-18(30(20)27-19)16-11-15(32-21(22,23)24)3-4-17(16)28-31/h3-6,11,13-14H,2,7-10,12H2,1H3,(H,25,27). The molecule has 3 aromatic rings. The van der Waals surface area contributed by atoms with E-state index < -0.39 is 12.1 Å². The third kappa shape index (κ3) is 4.98. The number of likely N-dealkylation sites (tertiary alicyclic amines) is 1. The molecule has 4 rings (SSSR count). The lowest BCUT2D eigenvalue weighted by Crippen LogP contribution is -2.35. The number of anilines is 1. The van der Waals surface area contributed by atoms with Gasteiger partial charge in [0.2, 0.25) is 0 Å². The molecule has 0 radical (unpaired) electrons. The number of aromatic nitrogens is 3. The van der Waals surface area contributed by atoms with E-state index in [1.54, 1.807) is 12.1 Å². The number of fused-ring (bicyclic) bond motifs is 1. The smallest absolute Gasteiger partial charge is 0.406 e. The molecule has 1 fully saturated rings. The Morgan fingerprint density at radius 2 is 2.00 bits per heavy atom. The summed E-state index contributed by atoms with van der Waals surface area (Å²) in [6.07, 6.45) is -1.19. The molecule has 1 aliphatic heterocycles. The molecule has 1 N–H and O–H groups in total. The second-order valence-corrected chi connectivity index (χ2v) is 7.71. The van der Waals surface area contributed by atoms with E-state index in [0.717, 1.165) is 51.2 Å². The fourth-order valence-electron chi connectivity index (χ4n) is 3.90. The average Bonchev–Trinajstić information content (AvgIpc) is 3.20. The molecule has 0 amide bonds. The summed E-state index contributed by atoms with van der Waals surface area (Å²) >= 11 is 0. The van der Waals surface area contributed by atoms with Crippen LogP contribution in [0.25, 0.3) is 16.9 Å². The predicted molar refractivity (Wildman–Crippen MR) is 114 cm³/mol. The number of ether oxygens (including phenoxy) is 1. The van der Waals surface area contributed by atoms with Gasteiger partial charge in [-0.15, -0.1) is 23.2 Å². The second-order valence-electron chi connectivity index (χ2n) is 7.71. The summed E-state index contributed by atoms with van der Waals surface area (Å²) in [5.41, 5.74) is 0.929. The normalized spacial score (nSPS) is 15.8. The van der Waals surface area contributed by atoms with Crippen molar-refractivity contribution in [2.75, 3.05) is 31.5 Å². The van der Waals surface area contributed by atoms with E-state index in [4.69, 9.17) is 0 Å². The molecule has 0 atom stereocenters. The average molecular weight is 448 g/mol. The van der Waals surface area contributed by atoms with Gasteiger partial charge in [-0.05, 0) is 73.9 Å². The van der Waals surface area contributed by atoms with E-state index in [-0.39, 0.29) is 11.3 Å². The minimum absolute atomic E-state index is 0.0378. The van der Waals surface area contributed by atoms with Gasteiger partial charge >= 0.3 is 6.36 Å². The van der Waals surface area contributed by atoms with Crippen molar-refractivity contribution in [1.82, 2.24) is 19.5 Å². The molecule has 32 heavy (non-hydrogen) atoms. The monoisotopic (exact) mass is 448 g/mol. The minimum atomic E-state index is -4.85. The van der Waals surface area contributed by atoms with Gasteiger partial charge in [0.15, 0.2) is 5.65 Å². The van der Waals surface area contributed by atoms with E-state index in [0.29, 0.717) is 23.1 Å². The quantitative estimate of drug-likeness (QED) is 0.521. The number of hydrogen-bond donors (Lipinski definition) is 1. The van der Waals surface area contributed by atoms with Crippen LogP contribution in [-0.2, 0) is 0 Å². The van der Waals surface area contributed by atoms with E-state index in [1.165, 1.54) is 16.8 Å². The van der Waals surface area contributed by atoms with Gasteiger partial charge in [-0.25, -0.2) is 9.50 Å². The van der Waals surface area contributed by atoms with Crippen molar-refractivity contribution in [3.63, 3.8) is 0 Å². The van der Waals surface area contributed by atoms with Crippen LogP contribution in [0, 0.1) is 10.8 Å². The number of hydrogen-bond acceptors (Lipinski definition) is 7. The predicted octanol–water partition coefficient (Wildman–Crippen LogP) is 4.84. The molecule has 11 heteroatoms. The molecule has 3 heterocycles. The molecular formula is C21H23F3N6O2. The van der Waals surface area contributed by atoms with Crippen LogP contribution >= 0.6 is 0 Å². The maximum atomic E-state index is 12.6. The summed E-state index contributed by atoms with van der Waals surface area (Å²) in [5.74, 6) is 0.695. The highest BCUT2D eigenvalue weighted by molar-refractivity contribution is 5.76. The zero-order valence-corrected chi connectivity index (χ0v) is 17.5. The Hall–Kier alpha value is -3.21. The van der Waals surface area contributed by atoms with Crippen molar-refractivity contribution >= 4 is 17.2 Å². The first-order valence-corrected chi connectivity index (χ1v) is 10.4. The van der Waals surface area contributed by atoms with Crippen LogP contribution in [0.1, 0.15) is 19.8 Å². The number of benzene rings is 1. The van der Waals surface area contributed by atoms with Gasteiger partial charge in [0.25, 0.3) is 0 Å². The van der Waals surface area contributed by atoms with Crippen LogP contribution in [0.3, 0.4) is 0 Å². The number of rotatable bonds is 7. The highest BCUT2D eigenvalue weighted by Gasteiger charge is 2.31. The largest absolute Gasteiger partial charge is 0.573 e. The maximum absolute atomic E-state index is 12.6. The second kappa shape index (κ2) is 9.11. The molecule has 2 aromatic heterocycles.